The standard InChI is InChI=1S/C33H33Cl2N7O/c1-22(25-10-3-2-4-11-25)31(32(43)37-21-26-12-13-27(34)17-28(26)35)39-29-18-30(42-14-5-6-15-42)41-33(40-29)38-20-24-9-7-8-23(16-24)19-36/h5-9,12-18,25,31H,1-4,10-11,20-21H2,(H,37,43)(H2,38,39,40,41)/t31-/m1/s1. The van der Waals surface area contributed by atoms with Crippen molar-refractivity contribution in [1.29, 1.82) is 5.26 Å². The SMILES string of the molecule is C=C(C1CCCCC1)[C@@H](Nc1cc(-n2cccc2)nc(NCc2cccc(C#N)c2)n1)C(=O)NCc1ccc(Cl)cc1Cl. The molecule has 5 rings (SSSR count). The number of hydrogen-bond acceptors (Lipinski definition) is 6. The first-order chi connectivity index (χ1) is 20.9. The predicted octanol–water partition coefficient (Wildman–Crippen LogP) is 7.29. The number of nitrogens with one attached hydrogen (secondary N) is 3. The molecule has 1 saturated carbocycles. The van der Waals surface area contributed by atoms with Crippen LogP contribution in [0.4, 0.5) is 11.8 Å². The molecule has 1 aliphatic rings. The van der Waals surface area contributed by atoms with Crippen molar-refractivity contribution in [3.05, 3.63) is 112 Å². The third-order valence-corrected chi connectivity index (χ3v) is 8.20. The van der Waals surface area contributed by atoms with Crippen LogP contribution >= 0.6 is 23.2 Å². The second-order valence-corrected chi connectivity index (χ2v) is 11.5. The van der Waals surface area contributed by atoms with Crippen molar-refractivity contribution in [3.63, 3.8) is 0 Å². The number of halogens is 2. The van der Waals surface area contributed by atoms with Gasteiger partial charge >= 0.3 is 0 Å². The van der Waals surface area contributed by atoms with E-state index in [9.17, 15) is 10.1 Å². The van der Waals surface area contributed by atoms with E-state index in [1.165, 1.54) is 6.42 Å². The highest BCUT2D eigenvalue weighted by atomic mass is 35.5. The van der Waals surface area contributed by atoms with Crippen LogP contribution in [0.15, 0.2) is 85.2 Å². The van der Waals surface area contributed by atoms with Crippen LogP contribution in [0, 0.1) is 17.2 Å². The van der Waals surface area contributed by atoms with E-state index in [2.05, 4.69) is 28.6 Å². The molecule has 43 heavy (non-hydrogen) atoms. The minimum absolute atomic E-state index is 0.217. The van der Waals surface area contributed by atoms with E-state index in [-0.39, 0.29) is 18.4 Å². The lowest BCUT2D eigenvalue weighted by Crippen LogP contribution is -2.42. The normalized spacial score (nSPS) is 14.0. The zero-order chi connectivity index (χ0) is 30.2. The summed E-state index contributed by atoms with van der Waals surface area (Å²) in [5.74, 6) is 1.50. The highest BCUT2D eigenvalue weighted by Gasteiger charge is 2.29. The van der Waals surface area contributed by atoms with Crippen LogP contribution in [0.5, 0.6) is 0 Å². The Morgan fingerprint density at radius 1 is 1.02 bits per heavy atom. The molecule has 1 fully saturated rings. The van der Waals surface area contributed by atoms with Gasteiger partial charge in [0.15, 0.2) is 0 Å². The van der Waals surface area contributed by atoms with Gasteiger partial charge in [-0.05, 0) is 71.9 Å². The zero-order valence-electron chi connectivity index (χ0n) is 23.7. The number of hydrogen-bond donors (Lipinski definition) is 3. The maximum Gasteiger partial charge on any atom is 0.247 e. The van der Waals surface area contributed by atoms with E-state index in [0.717, 1.165) is 42.4 Å². The van der Waals surface area contributed by atoms with E-state index >= 15 is 0 Å². The Bertz CT molecular complexity index is 1620. The fraction of sp³-hybridized carbons (Fsp3) is 0.273. The molecule has 4 aromatic rings. The Morgan fingerprint density at radius 2 is 1.81 bits per heavy atom. The summed E-state index contributed by atoms with van der Waals surface area (Å²) in [6.45, 7) is 5.08. The number of nitrogens with zero attached hydrogens (tertiary/aromatic N) is 4. The van der Waals surface area contributed by atoms with Gasteiger partial charge in [-0.1, -0.05) is 67.2 Å². The Kier molecular flexibility index (Phi) is 9.98. The number of aromatic nitrogens is 3. The number of amides is 1. The smallest absolute Gasteiger partial charge is 0.247 e. The lowest BCUT2D eigenvalue weighted by atomic mass is 9.81. The summed E-state index contributed by atoms with van der Waals surface area (Å²) in [7, 11) is 0. The Labute approximate surface area is 261 Å². The number of benzene rings is 2. The van der Waals surface area contributed by atoms with Crippen LogP contribution in [0.2, 0.25) is 10.0 Å². The molecule has 0 radical (unpaired) electrons. The number of rotatable bonds is 11. The summed E-state index contributed by atoms with van der Waals surface area (Å²) in [6.07, 6.45) is 9.22. The van der Waals surface area contributed by atoms with Crippen molar-refractivity contribution in [2.45, 2.75) is 51.2 Å². The van der Waals surface area contributed by atoms with Gasteiger partial charge in [0.05, 0.1) is 11.6 Å². The molecule has 0 aliphatic heterocycles. The van der Waals surface area contributed by atoms with Crippen molar-refractivity contribution in [1.82, 2.24) is 19.9 Å². The lowest BCUT2D eigenvalue weighted by molar-refractivity contribution is -0.121. The fourth-order valence-electron chi connectivity index (χ4n) is 5.27. The molecule has 2 aromatic carbocycles. The molecule has 1 aliphatic carbocycles. The Morgan fingerprint density at radius 3 is 2.56 bits per heavy atom. The van der Waals surface area contributed by atoms with E-state index in [0.29, 0.717) is 39.7 Å². The van der Waals surface area contributed by atoms with Gasteiger partial charge in [0, 0.05) is 41.6 Å². The van der Waals surface area contributed by atoms with Gasteiger partial charge < -0.3 is 20.5 Å². The first-order valence-corrected chi connectivity index (χ1v) is 15.1. The number of carbonyl (C=O) groups is 1. The quantitative estimate of drug-likeness (QED) is 0.153. The Balaban J connectivity index is 1.41. The molecule has 0 bridgehead atoms. The van der Waals surface area contributed by atoms with E-state index in [1.54, 1.807) is 24.3 Å². The van der Waals surface area contributed by atoms with Crippen LogP contribution in [0.3, 0.4) is 0 Å². The van der Waals surface area contributed by atoms with E-state index < -0.39 is 6.04 Å². The van der Waals surface area contributed by atoms with Gasteiger partial charge in [0.25, 0.3) is 0 Å². The molecule has 1 amide bonds. The van der Waals surface area contributed by atoms with E-state index in [4.69, 9.17) is 33.2 Å². The molecular formula is C33H33Cl2N7O. The summed E-state index contributed by atoms with van der Waals surface area (Å²) in [6, 6.07) is 19.7. The summed E-state index contributed by atoms with van der Waals surface area (Å²) in [4.78, 5) is 23.2. The molecule has 10 heteroatoms. The molecule has 0 unspecified atom stereocenters. The minimum Gasteiger partial charge on any atom is -0.355 e. The highest BCUT2D eigenvalue weighted by molar-refractivity contribution is 6.35. The molecule has 220 valence electrons. The third-order valence-electron chi connectivity index (χ3n) is 7.61. The number of nitriles is 1. The van der Waals surface area contributed by atoms with Gasteiger partial charge in [-0.3, -0.25) is 4.79 Å². The topological polar surface area (TPSA) is 108 Å². The molecule has 0 saturated heterocycles. The van der Waals surface area contributed by atoms with Crippen LogP contribution in [-0.4, -0.2) is 26.5 Å². The minimum atomic E-state index is -0.721. The Hall–Kier alpha value is -4.32. The average Bonchev–Trinajstić information content (AvgIpc) is 3.58. The number of anilines is 2. The predicted molar refractivity (Wildman–Crippen MR) is 171 cm³/mol. The molecule has 3 N–H and O–H groups in total. The first kappa shape index (κ1) is 30.1. The molecule has 1 atom stereocenters. The van der Waals surface area contributed by atoms with Gasteiger partial charge in [-0.25, -0.2) is 0 Å². The summed E-state index contributed by atoms with van der Waals surface area (Å²) >= 11 is 12.4. The molecule has 2 aromatic heterocycles. The molecular weight excluding hydrogens is 581 g/mol. The monoisotopic (exact) mass is 613 g/mol. The average molecular weight is 615 g/mol. The summed E-state index contributed by atoms with van der Waals surface area (Å²) in [5, 5.41) is 20.0. The van der Waals surface area contributed by atoms with Crippen molar-refractivity contribution in [2.24, 2.45) is 5.92 Å². The fourth-order valence-corrected chi connectivity index (χ4v) is 5.75. The van der Waals surface area contributed by atoms with Crippen molar-refractivity contribution >= 4 is 40.9 Å². The van der Waals surface area contributed by atoms with E-state index in [1.807, 2.05) is 53.4 Å². The largest absolute Gasteiger partial charge is 0.355 e. The van der Waals surface area contributed by atoms with Gasteiger partial charge in [0.1, 0.15) is 17.7 Å². The van der Waals surface area contributed by atoms with Gasteiger partial charge in [0.2, 0.25) is 11.9 Å². The summed E-state index contributed by atoms with van der Waals surface area (Å²) < 4.78 is 1.88. The zero-order valence-corrected chi connectivity index (χ0v) is 25.2. The molecule has 2 heterocycles. The highest BCUT2D eigenvalue weighted by Crippen LogP contribution is 2.32. The van der Waals surface area contributed by atoms with Crippen LogP contribution in [0.1, 0.15) is 48.8 Å². The van der Waals surface area contributed by atoms with Crippen molar-refractivity contribution in [3.8, 4) is 11.9 Å². The van der Waals surface area contributed by atoms with Gasteiger partial charge in [-0.2, -0.15) is 15.2 Å². The molecule has 8 nitrogen and oxygen atoms in total. The first-order valence-electron chi connectivity index (χ1n) is 14.3. The summed E-state index contributed by atoms with van der Waals surface area (Å²) in [5.41, 5.74) is 3.11. The molecule has 0 spiro atoms. The van der Waals surface area contributed by atoms with Crippen molar-refractivity contribution in [2.75, 3.05) is 10.6 Å². The maximum atomic E-state index is 13.8. The van der Waals surface area contributed by atoms with Crippen LogP contribution in [-0.2, 0) is 17.9 Å². The van der Waals surface area contributed by atoms with Gasteiger partial charge in [-0.15, -0.1) is 0 Å². The van der Waals surface area contributed by atoms with Crippen LogP contribution < -0.4 is 16.0 Å². The number of carbonyl (C=O) groups excluding carboxylic acids is 1. The maximum absolute atomic E-state index is 13.8. The van der Waals surface area contributed by atoms with Crippen LogP contribution in [0.25, 0.3) is 5.82 Å². The third kappa shape index (κ3) is 7.95. The van der Waals surface area contributed by atoms with Crippen molar-refractivity contribution < 1.29 is 4.79 Å². The second-order valence-electron chi connectivity index (χ2n) is 10.6. The lowest BCUT2D eigenvalue weighted by Gasteiger charge is -2.30. The second kappa shape index (κ2) is 14.2.